The number of nitrogens with zero attached hydrogens (tertiary/aromatic N) is 4. The van der Waals surface area contributed by atoms with Crippen molar-refractivity contribution in [1.82, 2.24) is 18.3 Å². The summed E-state index contributed by atoms with van der Waals surface area (Å²) in [5.74, 6) is 0.827. The van der Waals surface area contributed by atoms with Gasteiger partial charge in [0.1, 0.15) is 44.7 Å². The zero-order valence-corrected chi connectivity index (χ0v) is 53.4. The molecule has 8 heterocycles. The maximum Gasteiger partial charge on any atom is 0.135 e. The van der Waals surface area contributed by atoms with Gasteiger partial charge in [-0.2, -0.15) is 0 Å². The van der Waals surface area contributed by atoms with Crippen molar-refractivity contribution in [2.45, 2.75) is 6.92 Å². The maximum absolute atomic E-state index is 6.62. The van der Waals surface area contributed by atoms with Crippen LogP contribution in [-0.4, -0.2) is 18.3 Å². The second-order valence-electron chi connectivity index (χ2n) is 26.4. The van der Waals surface area contributed by atoms with Crippen LogP contribution in [0.2, 0.25) is 0 Å². The van der Waals surface area contributed by atoms with Crippen LogP contribution in [0.4, 0.5) is 0 Å². The first-order valence-corrected chi connectivity index (χ1v) is 33.6. The minimum Gasteiger partial charge on any atom is -0.461 e. The molecule has 462 valence electrons. The van der Waals surface area contributed by atoms with Crippen LogP contribution in [0.5, 0.6) is 0 Å². The zero-order valence-electron chi connectivity index (χ0n) is 53.4. The largest absolute Gasteiger partial charge is 0.461 e. The topological polar surface area (TPSA) is 72.3 Å². The molecular weight excluding hydrogens is 1210 g/mol. The Balaban J connectivity index is 0.631. The van der Waals surface area contributed by atoms with Crippen LogP contribution in [0.1, 0.15) is 11.3 Å². The van der Waals surface area contributed by atoms with Crippen molar-refractivity contribution >= 4 is 166 Å². The van der Waals surface area contributed by atoms with E-state index in [1.807, 2.05) is 6.92 Å². The summed E-state index contributed by atoms with van der Waals surface area (Å²) in [6.07, 6.45) is 2.20. The first kappa shape index (κ1) is 54.0. The van der Waals surface area contributed by atoms with E-state index in [1.54, 1.807) is 0 Å². The van der Waals surface area contributed by atoms with Crippen molar-refractivity contribution in [2.75, 3.05) is 0 Å². The van der Waals surface area contributed by atoms with Crippen LogP contribution < -0.4 is 10.6 Å². The van der Waals surface area contributed by atoms with Gasteiger partial charge in [0.15, 0.2) is 0 Å². The Hall–Kier alpha value is -13.3. The Kier molecular flexibility index (Phi) is 11.0. The Morgan fingerprint density at radius 2 is 0.545 bits per heavy atom. The summed E-state index contributed by atoms with van der Waals surface area (Å²) in [4.78, 5) is 0. The summed E-state index contributed by atoms with van der Waals surface area (Å²) in [7, 11) is 0. The van der Waals surface area contributed by atoms with Gasteiger partial charge in [0.05, 0.1) is 44.1 Å². The summed E-state index contributed by atoms with van der Waals surface area (Å²) in [5.41, 5.74) is 24.5. The van der Waals surface area contributed by atoms with E-state index in [0.717, 1.165) is 160 Å². The first-order chi connectivity index (χ1) is 48.9. The molecule has 8 nitrogen and oxygen atoms in total. The van der Waals surface area contributed by atoms with Crippen molar-refractivity contribution < 1.29 is 17.7 Å². The summed E-state index contributed by atoms with van der Waals surface area (Å²) in [6, 6.07) is 105. The van der Waals surface area contributed by atoms with E-state index >= 15 is 0 Å². The predicted molar refractivity (Wildman–Crippen MR) is 408 cm³/mol. The van der Waals surface area contributed by atoms with Crippen LogP contribution in [0.25, 0.3) is 211 Å². The van der Waals surface area contributed by atoms with E-state index in [1.165, 1.54) is 54.1 Å². The van der Waals surface area contributed by atoms with Gasteiger partial charge < -0.3 is 35.9 Å². The number of rotatable bonds is 7. The van der Waals surface area contributed by atoms with Crippen molar-refractivity contribution in [3.63, 3.8) is 0 Å². The molecule has 0 aliphatic carbocycles. The number of aromatic nitrogens is 4. The normalized spacial score (nSPS) is 12.6. The number of fused-ring (bicyclic) bond motifs is 20. The van der Waals surface area contributed by atoms with Gasteiger partial charge in [-0.25, -0.2) is 0 Å². The van der Waals surface area contributed by atoms with Gasteiger partial charge in [-0.05, 0) is 187 Å². The monoisotopic (exact) mass is 1270 g/mol. The molecule has 0 amide bonds. The standard InChI is InChI=1S/C91H54N4O4/c1-52-69(74-47-58(31-39-86(74)96-52)92-78-21-9-3-15-62(78)63-16-4-10-22-79(63)92)51-70-53(2)97-87-40-32-61(48-75(70)87)95-82-25-13-7-19-66(82)68-35-27-57(46-85(68)95)54-28-36-84-71(43-54)67-20-8-14-26-83(67)94(84)60-34-42-91-77(50-60)73-45-56(30-38-89(73)99-91)55-29-37-88-72(44-55)76-49-59(33-41-90(76)98-88)93-80-23-11-5-17-64(80)65-18-6-12-24-81(65)93/h3-51H,2H2,1H3. The van der Waals surface area contributed by atoms with Crippen LogP contribution >= 0.6 is 0 Å². The molecule has 0 radical (unpaired) electrons. The third-order valence-corrected chi connectivity index (χ3v) is 21.1. The van der Waals surface area contributed by atoms with Gasteiger partial charge in [0.2, 0.25) is 0 Å². The van der Waals surface area contributed by atoms with Gasteiger partial charge in [-0.15, -0.1) is 0 Å². The Labute approximate surface area is 563 Å². The number of para-hydroxylation sites is 6. The number of hydrogen-bond acceptors (Lipinski definition) is 4. The predicted octanol–water partition coefficient (Wildman–Crippen LogP) is 23.2. The molecule has 22 aromatic rings. The number of benzene rings is 14. The zero-order chi connectivity index (χ0) is 64.9. The van der Waals surface area contributed by atoms with Crippen LogP contribution in [0, 0.1) is 6.92 Å². The highest BCUT2D eigenvalue weighted by Gasteiger charge is 2.22. The van der Waals surface area contributed by atoms with Gasteiger partial charge in [0.25, 0.3) is 0 Å². The lowest BCUT2D eigenvalue weighted by Crippen LogP contribution is -2.18. The summed E-state index contributed by atoms with van der Waals surface area (Å²) in [5, 5.41) is 16.8. The molecule has 0 N–H and O–H groups in total. The van der Waals surface area contributed by atoms with E-state index in [2.05, 4.69) is 322 Å². The van der Waals surface area contributed by atoms with Gasteiger partial charge in [0, 0.05) is 109 Å². The summed E-state index contributed by atoms with van der Waals surface area (Å²) in [6.45, 7) is 6.53. The molecule has 0 saturated carbocycles. The molecule has 0 atom stereocenters. The average Bonchev–Trinajstić information content (AvgIpc) is 1.60. The van der Waals surface area contributed by atoms with Gasteiger partial charge >= 0.3 is 0 Å². The highest BCUT2D eigenvalue weighted by atomic mass is 16.3. The minimum atomic E-state index is 0.599. The maximum atomic E-state index is 6.62. The molecule has 0 spiro atoms. The van der Waals surface area contributed by atoms with E-state index in [-0.39, 0.29) is 0 Å². The van der Waals surface area contributed by atoms with Gasteiger partial charge in [-0.3, -0.25) is 0 Å². The number of hydrogen-bond donors (Lipinski definition) is 0. The summed E-state index contributed by atoms with van der Waals surface area (Å²) < 4.78 is 35.7. The second kappa shape index (κ2) is 20.1. The molecule has 22 rings (SSSR count). The molecule has 8 heteroatoms. The molecule has 0 aliphatic rings. The molecule has 0 saturated heterocycles. The number of aryl methyl sites for hydroxylation is 1. The quantitative estimate of drug-likeness (QED) is 0.159. The summed E-state index contributed by atoms with van der Waals surface area (Å²) >= 11 is 0. The molecule has 0 aliphatic heterocycles. The van der Waals surface area contributed by atoms with Crippen LogP contribution in [0.15, 0.2) is 309 Å². The Morgan fingerprint density at radius 3 is 1.00 bits per heavy atom. The fraction of sp³-hybridized carbons (Fsp3) is 0.0110. The molecular formula is C91H54N4O4. The molecule has 0 fully saturated rings. The molecule has 8 aromatic heterocycles. The minimum absolute atomic E-state index is 0.599. The van der Waals surface area contributed by atoms with Crippen LogP contribution in [0.3, 0.4) is 0 Å². The van der Waals surface area contributed by atoms with Gasteiger partial charge in [-0.1, -0.05) is 146 Å². The molecule has 0 unspecified atom stereocenters. The smallest absolute Gasteiger partial charge is 0.135 e. The SMILES string of the molecule is C=c1oc2ccc(-n3c4ccccc4c4ccc(-c5ccc6c(c5)c5ccccc5n6-c5ccc6oc7ccc(-c8ccc9oc%10ccc(-n%11c%12ccccc%12c%12ccccc%12%11)cc%10c9c8)cc7c6c5)cc43)cc2c1=Cc1c(C)oc2ccc(-n3c4ccccc4c4ccccc43)cc12. The van der Waals surface area contributed by atoms with Crippen LogP contribution in [-0.2, 0) is 0 Å². The lowest BCUT2D eigenvalue weighted by atomic mass is 10.0. The first-order valence-electron chi connectivity index (χ1n) is 33.6. The van der Waals surface area contributed by atoms with E-state index < -0.39 is 0 Å². The lowest BCUT2D eigenvalue weighted by molar-refractivity contribution is 0.576. The third-order valence-electron chi connectivity index (χ3n) is 21.1. The highest BCUT2D eigenvalue weighted by Crippen LogP contribution is 2.44. The van der Waals surface area contributed by atoms with E-state index in [9.17, 15) is 0 Å². The number of furan rings is 4. The second-order valence-corrected chi connectivity index (χ2v) is 26.4. The lowest BCUT2D eigenvalue weighted by Gasteiger charge is -2.10. The van der Waals surface area contributed by atoms with Crippen molar-refractivity contribution in [2.24, 2.45) is 0 Å². The third kappa shape index (κ3) is 7.79. The average molecular weight is 1270 g/mol. The Bertz CT molecular complexity index is 7310. The van der Waals surface area contributed by atoms with Crippen molar-refractivity contribution in [3.05, 3.63) is 313 Å². The highest BCUT2D eigenvalue weighted by molar-refractivity contribution is 6.16. The van der Waals surface area contributed by atoms with E-state index in [4.69, 9.17) is 17.7 Å². The molecule has 99 heavy (non-hydrogen) atoms. The fourth-order valence-corrected chi connectivity index (χ4v) is 16.6. The van der Waals surface area contributed by atoms with Crippen molar-refractivity contribution in [1.29, 1.82) is 0 Å². The molecule has 0 bridgehead atoms. The molecule has 14 aromatic carbocycles. The Morgan fingerprint density at radius 1 is 0.242 bits per heavy atom. The van der Waals surface area contributed by atoms with Crippen molar-refractivity contribution in [3.8, 4) is 45.0 Å². The fourth-order valence-electron chi connectivity index (χ4n) is 16.6. The van der Waals surface area contributed by atoms with E-state index in [0.29, 0.717) is 5.42 Å².